The molecule has 0 radical (unpaired) electrons. The maximum Gasteiger partial charge on any atom is 0.419 e. The quantitative estimate of drug-likeness (QED) is 0.675. The molecular weight excluding hydrogens is 366 g/mol. The van der Waals surface area contributed by atoms with E-state index in [0.29, 0.717) is 17.4 Å². The van der Waals surface area contributed by atoms with Crippen molar-refractivity contribution in [3.63, 3.8) is 0 Å². The smallest absolute Gasteiger partial charge is 0.388 e. The second-order valence-corrected chi connectivity index (χ2v) is 6.72. The highest BCUT2D eigenvalue weighted by molar-refractivity contribution is 5.47. The number of aryl methyl sites for hydroxylation is 1. The van der Waals surface area contributed by atoms with Gasteiger partial charge in [-0.3, -0.25) is 0 Å². The van der Waals surface area contributed by atoms with Crippen molar-refractivity contribution in [2.24, 2.45) is 0 Å². The first-order valence-corrected chi connectivity index (χ1v) is 8.00. The lowest BCUT2D eigenvalue weighted by Gasteiger charge is -2.31. The first-order valence-electron chi connectivity index (χ1n) is 8.00. The Kier molecular flexibility index (Phi) is 4.54. The van der Waals surface area contributed by atoms with E-state index in [1.165, 1.54) is 24.7 Å². The van der Waals surface area contributed by atoms with E-state index < -0.39 is 29.2 Å². The third-order valence-corrected chi connectivity index (χ3v) is 4.01. The van der Waals surface area contributed by atoms with Crippen molar-refractivity contribution < 1.29 is 22.7 Å². The molecule has 0 aliphatic heterocycles. The summed E-state index contributed by atoms with van der Waals surface area (Å²) >= 11 is 0. The van der Waals surface area contributed by atoms with Crippen molar-refractivity contribution in [3.05, 3.63) is 53.2 Å². The average Bonchev–Trinajstić information content (AvgIpc) is 2.98. The Morgan fingerprint density at radius 3 is 2.48 bits per heavy atom. The number of alkyl halides is 3. The second-order valence-electron chi connectivity index (χ2n) is 6.72. The zero-order chi connectivity index (χ0) is 20.0. The van der Waals surface area contributed by atoms with Crippen LogP contribution in [0.3, 0.4) is 0 Å². The van der Waals surface area contributed by atoms with E-state index in [0.717, 1.165) is 12.1 Å². The van der Waals surface area contributed by atoms with Crippen LogP contribution in [0.15, 0.2) is 30.6 Å². The number of halogens is 4. The SMILES string of the molecule is Cc1cc2ncnn2c(NC(c2ccc(C(F)(F)F)c(F)c2)C(C)(C)O)n1. The van der Waals surface area contributed by atoms with Crippen LogP contribution in [0.1, 0.15) is 36.7 Å². The van der Waals surface area contributed by atoms with E-state index in [4.69, 9.17) is 0 Å². The summed E-state index contributed by atoms with van der Waals surface area (Å²) in [6, 6.07) is 3.26. The second kappa shape index (κ2) is 6.45. The summed E-state index contributed by atoms with van der Waals surface area (Å²) in [5.74, 6) is -1.20. The Labute approximate surface area is 151 Å². The van der Waals surface area contributed by atoms with Gasteiger partial charge in [-0.25, -0.2) is 14.4 Å². The van der Waals surface area contributed by atoms with Gasteiger partial charge in [0.25, 0.3) is 0 Å². The number of fused-ring (bicyclic) bond motifs is 1. The van der Waals surface area contributed by atoms with Crippen LogP contribution in [0, 0.1) is 12.7 Å². The molecule has 0 fully saturated rings. The number of rotatable bonds is 4. The molecule has 2 aromatic heterocycles. The summed E-state index contributed by atoms with van der Waals surface area (Å²) in [4.78, 5) is 8.36. The monoisotopic (exact) mass is 383 g/mol. The summed E-state index contributed by atoms with van der Waals surface area (Å²) in [6.45, 7) is 4.64. The molecule has 2 N–H and O–H groups in total. The first-order chi connectivity index (χ1) is 12.5. The summed E-state index contributed by atoms with van der Waals surface area (Å²) < 4.78 is 53.8. The molecule has 6 nitrogen and oxygen atoms in total. The predicted molar refractivity (Wildman–Crippen MR) is 89.6 cm³/mol. The molecule has 0 saturated heterocycles. The van der Waals surface area contributed by atoms with E-state index in [2.05, 4.69) is 20.4 Å². The standard InChI is InChI=1S/C17H17F4N5O/c1-9-6-13-22-8-23-26(13)15(24-9)25-14(16(2,3)27)10-4-5-11(12(18)7-10)17(19,20)21/h4-8,14,27H,1-3H3,(H,24,25). The van der Waals surface area contributed by atoms with Gasteiger partial charge in [0.2, 0.25) is 5.95 Å². The number of nitrogens with zero attached hydrogens (tertiary/aromatic N) is 4. The molecule has 3 aromatic rings. The van der Waals surface area contributed by atoms with E-state index >= 15 is 0 Å². The fraction of sp³-hybridized carbons (Fsp3) is 0.353. The normalized spacial score (nSPS) is 13.8. The topological polar surface area (TPSA) is 75.3 Å². The third kappa shape index (κ3) is 3.85. The number of benzene rings is 1. The molecule has 1 aromatic carbocycles. The minimum Gasteiger partial charge on any atom is -0.388 e. The molecule has 1 atom stereocenters. The molecular formula is C17H17F4N5O. The maximum absolute atomic E-state index is 14.0. The van der Waals surface area contributed by atoms with Gasteiger partial charge < -0.3 is 10.4 Å². The first kappa shape index (κ1) is 19.0. The largest absolute Gasteiger partial charge is 0.419 e. The molecule has 1 unspecified atom stereocenters. The molecule has 2 heterocycles. The van der Waals surface area contributed by atoms with Crippen LogP contribution in [0.4, 0.5) is 23.5 Å². The number of nitrogens with one attached hydrogen (secondary N) is 1. The average molecular weight is 383 g/mol. The van der Waals surface area contributed by atoms with E-state index in [1.807, 2.05) is 0 Å². The van der Waals surface area contributed by atoms with Crippen LogP contribution in [-0.2, 0) is 6.18 Å². The fourth-order valence-corrected chi connectivity index (χ4v) is 2.78. The fourth-order valence-electron chi connectivity index (χ4n) is 2.78. The van der Waals surface area contributed by atoms with E-state index in [9.17, 15) is 22.7 Å². The Morgan fingerprint density at radius 1 is 1.19 bits per heavy atom. The Balaban J connectivity index is 2.05. The van der Waals surface area contributed by atoms with Crippen LogP contribution in [-0.4, -0.2) is 30.3 Å². The number of aliphatic hydroxyl groups is 1. The third-order valence-electron chi connectivity index (χ3n) is 4.01. The maximum atomic E-state index is 14.0. The number of hydrogen-bond acceptors (Lipinski definition) is 5. The summed E-state index contributed by atoms with van der Waals surface area (Å²) in [7, 11) is 0. The lowest BCUT2D eigenvalue weighted by Crippen LogP contribution is -2.35. The van der Waals surface area contributed by atoms with Gasteiger partial charge >= 0.3 is 6.18 Å². The van der Waals surface area contributed by atoms with Crippen molar-refractivity contribution in [1.29, 1.82) is 0 Å². The summed E-state index contributed by atoms with van der Waals surface area (Å²) in [5.41, 5.74) is -1.58. The molecule has 0 bridgehead atoms. The molecule has 10 heteroatoms. The molecule has 0 saturated carbocycles. The van der Waals surface area contributed by atoms with Crippen LogP contribution >= 0.6 is 0 Å². The Bertz CT molecular complexity index is 978. The molecule has 0 aliphatic carbocycles. The predicted octanol–water partition coefficient (Wildman–Crippen LogP) is 3.51. The molecule has 0 spiro atoms. The zero-order valence-corrected chi connectivity index (χ0v) is 14.7. The number of aromatic nitrogens is 4. The minimum atomic E-state index is -4.80. The molecule has 0 aliphatic rings. The zero-order valence-electron chi connectivity index (χ0n) is 14.7. The van der Waals surface area contributed by atoms with Gasteiger partial charge in [0.05, 0.1) is 17.2 Å². The molecule has 0 amide bonds. The van der Waals surface area contributed by atoms with Gasteiger partial charge in [0.15, 0.2) is 5.65 Å². The summed E-state index contributed by atoms with van der Waals surface area (Å²) in [6.07, 6.45) is -3.48. The Morgan fingerprint density at radius 2 is 1.89 bits per heavy atom. The summed E-state index contributed by atoms with van der Waals surface area (Å²) in [5, 5.41) is 17.5. The van der Waals surface area contributed by atoms with Crippen molar-refractivity contribution in [2.75, 3.05) is 5.32 Å². The molecule has 3 rings (SSSR count). The lowest BCUT2D eigenvalue weighted by molar-refractivity contribution is -0.140. The lowest BCUT2D eigenvalue weighted by atomic mass is 9.91. The Hall–Kier alpha value is -2.75. The van der Waals surface area contributed by atoms with Crippen LogP contribution in [0.2, 0.25) is 0 Å². The van der Waals surface area contributed by atoms with Gasteiger partial charge in [0, 0.05) is 11.8 Å². The van der Waals surface area contributed by atoms with Crippen LogP contribution < -0.4 is 5.32 Å². The van der Waals surface area contributed by atoms with Crippen molar-refractivity contribution >= 4 is 11.6 Å². The van der Waals surface area contributed by atoms with Crippen molar-refractivity contribution in [2.45, 2.75) is 38.6 Å². The number of hydrogen-bond donors (Lipinski definition) is 2. The van der Waals surface area contributed by atoms with E-state index in [1.54, 1.807) is 13.0 Å². The van der Waals surface area contributed by atoms with Gasteiger partial charge in [-0.1, -0.05) is 6.07 Å². The highest BCUT2D eigenvalue weighted by atomic mass is 19.4. The van der Waals surface area contributed by atoms with Crippen molar-refractivity contribution in [3.8, 4) is 0 Å². The molecule has 144 valence electrons. The van der Waals surface area contributed by atoms with E-state index in [-0.39, 0.29) is 11.5 Å². The minimum absolute atomic E-state index is 0.129. The van der Waals surface area contributed by atoms with Crippen molar-refractivity contribution in [1.82, 2.24) is 19.6 Å². The van der Waals surface area contributed by atoms with Crippen LogP contribution in [0.5, 0.6) is 0 Å². The van der Waals surface area contributed by atoms with Crippen LogP contribution in [0.25, 0.3) is 5.65 Å². The van der Waals surface area contributed by atoms with Gasteiger partial charge in [-0.2, -0.15) is 22.8 Å². The number of anilines is 1. The van der Waals surface area contributed by atoms with Gasteiger partial charge in [0.1, 0.15) is 12.1 Å². The molecule has 27 heavy (non-hydrogen) atoms. The highest BCUT2D eigenvalue weighted by Crippen LogP contribution is 2.35. The van der Waals surface area contributed by atoms with Gasteiger partial charge in [-0.15, -0.1) is 0 Å². The highest BCUT2D eigenvalue weighted by Gasteiger charge is 2.36. The van der Waals surface area contributed by atoms with Gasteiger partial charge in [-0.05, 0) is 38.5 Å².